The summed E-state index contributed by atoms with van der Waals surface area (Å²) >= 11 is 0. The summed E-state index contributed by atoms with van der Waals surface area (Å²) < 4.78 is 0. The van der Waals surface area contributed by atoms with Crippen LogP contribution in [0.1, 0.15) is 66.5 Å². The van der Waals surface area contributed by atoms with Crippen LogP contribution in [-0.4, -0.2) is 22.6 Å². The zero-order valence-electron chi connectivity index (χ0n) is 15.9. The molecule has 0 aliphatic heterocycles. The minimum Gasteiger partial charge on any atom is -0.176 e. The van der Waals surface area contributed by atoms with E-state index in [0.717, 1.165) is 22.6 Å². The molecule has 0 aliphatic rings. The lowest BCUT2D eigenvalue weighted by Gasteiger charge is -2.30. The van der Waals surface area contributed by atoms with Gasteiger partial charge >= 0.3 is 0 Å². The lowest BCUT2D eigenvalue weighted by Crippen LogP contribution is -2.07. The molecule has 0 aliphatic carbocycles. The highest BCUT2D eigenvalue weighted by atomic mass is 31.1. The van der Waals surface area contributed by atoms with Gasteiger partial charge in [-0.2, -0.15) is 35.4 Å². The smallest absolute Gasteiger partial charge is 0.0261 e. The van der Waals surface area contributed by atoms with Gasteiger partial charge in [0.1, 0.15) is 0 Å². The fourth-order valence-corrected chi connectivity index (χ4v) is 8.07. The Morgan fingerprint density at radius 2 is 1.00 bits per heavy atom. The molecule has 0 spiro atoms. The van der Waals surface area contributed by atoms with Crippen molar-refractivity contribution in [3.63, 3.8) is 0 Å². The zero-order chi connectivity index (χ0) is 16.9. The molecule has 2 heteroatoms. The van der Waals surface area contributed by atoms with Crippen LogP contribution in [0.4, 0.5) is 0 Å². The second-order valence-electron chi connectivity index (χ2n) is 7.42. The third kappa shape index (κ3) is 6.29. The molecule has 0 N–H and O–H groups in total. The molecular weight excluding hydrogens is 302 g/mol. The highest BCUT2D eigenvalue weighted by molar-refractivity contribution is 7.58. The van der Waals surface area contributed by atoms with Crippen molar-refractivity contribution < 1.29 is 0 Å². The molecule has 0 heterocycles. The standard InChI is InChI=1S/C20H35P2/c1-15(2)21(16(3)4)13-19-10-9-11-20(12-19)14-22(17(5)6)18(7)8/h9-11,15-18H,13-14H2,1-8H3/q-1. The van der Waals surface area contributed by atoms with Gasteiger partial charge in [0.15, 0.2) is 0 Å². The van der Waals surface area contributed by atoms with Gasteiger partial charge < -0.3 is 0 Å². The van der Waals surface area contributed by atoms with Crippen LogP contribution in [0.2, 0.25) is 0 Å². The van der Waals surface area contributed by atoms with Gasteiger partial charge in [0.2, 0.25) is 0 Å². The van der Waals surface area contributed by atoms with Gasteiger partial charge in [-0.25, -0.2) is 0 Å². The molecule has 1 rings (SSSR count). The van der Waals surface area contributed by atoms with Gasteiger partial charge in [-0.1, -0.05) is 71.2 Å². The third-order valence-corrected chi connectivity index (χ3v) is 11.0. The van der Waals surface area contributed by atoms with Crippen molar-refractivity contribution in [2.45, 2.75) is 90.3 Å². The van der Waals surface area contributed by atoms with E-state index < -0.39 is 0 Å². The maximum atomic E-state index is 3.76. The Morgan fingerprint density at radius 3 is 1.27 bits per heavy atom. The Kier molecular flexibility index (Phi) is 8.59. The van der Waals surface area contributed by atoms with Crippen LogP contribution in [0.15, 0.2) is 18.2 Å². The SMILES string of the molecule is CC(C)P(Cc1[c-]c(CP(C(C)C)C(C)C)ccc1)C(C)C. The molecule has 0 amide bonds. The summed E-state index contributed by atoms with van der Waals surface area (Å²) in [6, 6.07) is 10.6. The van der Waals surface area contributed by atoms with E-state index in [-0.39, 0.29) is 15.8 Å². The molecule has 0 aromatic heterocycles. The Balaban J connectivity index is 2.85. The van der Waals surface area contributed by atoms with E-state index in [1.165, 1.54) is 23.5 Å². The highest BCUT2D eigenvalue weighted by Crippen LogP contribution is 2.50. The Bertz CT molecular complexity index is 382. The van der Waals surface area contributed by atoms with Gasteiger partial charge in [0.05, 0.1) is 0 Å². The van der Waals surface area contributed by atoms with Crippen molar-refractivity contribution in [3.05, 3.63) is 35.4 Å². The predicted molar refractivity (Wildman–Crippen MR) is 107 cm³/mol. The molecule has 0 radical (unpaired) electrons. The van der Waals surface area contributed by atoms with Crippen molar-refractivity contribution in [2.75, 3.05) is 0 Å². The normalized spacial score (nSPS) is 12.6. The number of hydrogen-bond acceptors (Lipinski definition) is 0. The topological polar surface area (TPSA) is 0 Å². The average molecular weight is 337 g/mol. The summed E-state index contributed by atoms with van der Waals surface area (Å²) in [5, 5.41) is 0. The molecule has 0 nitrogen and oxygen atoms in total. The summed E-state index contributed by atoms with van der Waals surface area (Å²) in [5.74, 6) is 0. The maximum Gasteiger partial charge on any atom is -0.0261 e. The van der Waals surface area contributed by atoms with Crippen LogP contribution >= 0.6 is 15.8 Å². The molecule has 0 bridgehead atoms. The Labute approximate surface area is 142 Å². The predicted octanol–water partition coefficient (Wildman–Crippen LogP) is 7.08. The summed E-state index contributed by atoms with van der Waals surface area (Å²) in [5.41, 5.74) is 6.08. The van der Waals surface area contributed by atoms with Gasteiger partial charge in [-0.15, -0.1) is 0 Å². The minimum absolute atomic E-state index is 0.0615. The van der Waals surface area contributed by atoms with Crippen molar-refractivity contribution in [3.8, 4) is 0 Å². The molecule has 0 atom stereocenters. The fourth-order valence-electron chi connectivity index (χ4n) is 3.07. The van der Waals surface area contributed by atoms with E-state index in [0.29, 0.717) is 0 Å². The Hall–Kier alpha value is 0.0800. The van der Waals surface area contributed by atoms with E-state index in [1.807, 2.05) is 0 Å². The molecule has 126 valence electrons. The largest absolute Gasteiger partial charge is 0.176 e. The summed E-state index contributed by atoms with van der Waals surface area (Å²) in [7, 11) is 0.123. The monoisotopic (exact) mass is 337 g/mol. The first-order chi connectivity index (χ1) is 10.2. The first kappa shape index (κ1) is 20.1. The van der Waals surface area contributed by atoms with Gasteiger partial charge in [0, 0.05) is 0 Å². The molecule has 0 saturated heterocycles. The van der Waals surface area contributed by atoms with Crippen molar-refractivity contribution >= 4 is 15.8 Å². The van der Waals surface area contributed by atoms with Crippen molar-refractivity contribution in [2.24, 2.45) is 0 Å². The van der Waals surface area contributed by atoms with E-state index in [4.69, 9.17) is 0 Å². The summed E-state index contributed by atoms with van der Waals surface area (Å²) in [6.07, 6.45) is 2.47. The number of rotatable bonds is 8. The average Bonchev–Trinajstić information content (AvgIpc) is 2.41. The first-order valence-corrected chi connectivity index (χ1v) is 12.1. The lowest BCUT2D eigenvalue weighted by molar-refractivity contribution is 0.991. The van der Waals surface area contributed by atoms with Gasteiger partial charge in [-0.05, 0) is 35.0 Å². The molecule has 1 aromatic rings. The third-order valence-electron chi connectivity index (χ3n) is 4.27. The Morgan fingerprint density at radius 1 is 0.682 bits per heavy atom. The highest BCUT2D eigenvalue weighted by Gasteiger charge is 2.17. The van der Waals surface area contributed by atoms with Gasteiger partial charge in [0.25, 0.3) is 0 Å². The quantitative estimate of drug-likeness (QED) is 0.351. The summed E-state index contributed by atoms with van der Waals surface area (Å²) in [4.78, 5) is 0. The van der Waals surface area contributed by atoms with E-state index in [9.17, 15) is 0 Å². The second-order valence-corrected chi connectivity index (χ2v) is 14.2. The first-order valence-electron chi connectivity index (χ1n) is 8.74. The molecule has 1 aromatic carbocycles. The maximum absolute atomic E-state index is 3.76. The molecule has 22 heavy (non-hydrogen) atoms. The van der Waals surface area contributed by atoms with Crippen molar-refractivity contribution in [1.29, 1.82) is 0 Å². The minimum atomic E-state index is 0.0615. The van der Waals surface area contributed by atoms with Crippen LogP contribution in [0.3, 0.4) is 0 Å². The van der Waals surface area contributed by atoms with E-state index in [2.05, 4.69) is 79.7 Å². The van der Waals surface area contributed by atoms with Crippen LogP contribution < -0.4 is 0 Å². The second kappa shape index (κ2) is 9.39. The van der Waals surface area contributed by atoms with Gasteiger partial charge in [-0.3, -0.25) is 0 Å². The molecule has 0 unspecified atom stereocenters. The number of hydrogen-bond donors (Lipinski definition) is 0. The van der Waals surface area contributed by atoms with Crippen LogP contribution in [0.25, 0.3) is 0 Å². The van der Waals surface area contributed by atoms with Crippen LogP contribution in [0, 0.1) is 6.07 Å². The van der Waals surface area contributed by atoms with Crippen LogP contribution in [-0.2, 0) is 12.3 Å². The molecule has 0 saturated carbocycles. The van der Waals surface area contributed by atoms with E-state index in [1.54, 1.807) is 0 Å². The molecular formula is C20H35P2-. The van der Waals surface area contributed by atoms with E-state index >= 15 is 0 Å². The van der Waals surface area contributed by atoms with Crippen LogP contribution in [0.5, 0.6) is 0 Å². The number of benzene rings is 1. The zero-order valence-corrected chi connectivity index (χ0v) is 17.6. The summed E-state index contributed by atoms with van der Waals surface area (Å²) in [6.45, 7) is 19.1. The van der Waals surface area contributed by atoms with Crippen molar-refractivity contribution in [1.82, 2.24) is 0 Å². The molecule has 0 fully saturated rings. The fraction of sp³-hybridized carbons (Fsp3) is 0.700. The lowest BCUT2D eigenvalue weighted by atomic mass is 10.2.